The molecule has 0 fully saturated rings. The zero-order chi connectivity index (χ0) is 15.5. The molecule has 0 spiro atoms. The minimum absolute atomic E-state index is 0.248. The van der Waals surface area contributed by atoms with Crippen molar-refractivity contribution < 1.29 is 13.2 Å². The van der Waals surface area contributed by atoms with Crippen molar-refractivity contribution in [2.24, 2.45) is 0 Å². The Labute approximate surface area is 129 Å². The summed E-state index contributed by atoms with van der Waals surface area (Å²) in [6, 6.07) is 8.83. The lowest BCUT2D eigenvalue weighted by molar-refractivity contribution is 0.411. The van der Waals surface area contributed by atoms with Crippen molar-refractivity contribution in [1.82, 2.24) is 4.72 Å². The third kappa shape index (κ3) is 3.64. The van der Waals surface area contributed by atoms with E-state index in [1.807, 2.05) is 32.0 Å². The summed E-state index contributed by atoms with van der Waals surface area (Å²) < 4.78 is 33.0. The van der Waals surface area contributed by atoms with E-state index >= 15 is 0 Å². The quantitative estimate of drug-likeness (QED) is 0.884. The molecule has 0 saturated heterocycles. The van der Waals surface area contributed by atoms with Gasteiger partial charge in [-0.2, -0.15) is 0 Å². The average molecular weight is 325 g/mol. The maximum absolute atomic E-state index is 12.3. The summed E-state index contributed by atoms with van der Waals surface area (Å²) in [6.07, 6.45) is 0.677. The molecule has 1 aromatic heterocycles. The molecule has 0 aliphatic carbocycles. The van der Waals surface area contributed by atoms with Crippen molar-refractivity contribution in [2.75, 3.05) is 7.11 Å². The van der Waals surface area contributed by atoms with E-state index < -0.39 is 10.0 Å². The van der Waals surface area contributed by atoms with Crippen LogP contribution in [-0.2, 0) is 10.0 Å². The minimum atomic E-state index is -3.47. The maximum Gasteiger partial charge on any atom is 0.250 e. The number of hydrogen-bond donors (Lipinski definition) is 1. The van der Waals surface area contributed by atoms with Crippen molar-refractivity contribution in [2.45, 2.75) is 30.5 Å². The lowest BCUT2D eigenvalue weighted by Gasteiger charge is -2.18. The van der Waals surface area contributed by atoms with Crippen LogP contribution < -0.4 is 9.46 Å². The number of hydrogen-bond acceptors (Lipinski definition) is 4. The first-order chi connectivity index (χ1) is 9.97. The van der Waals surface area contributed by atoms with Crippen LogP contribution in [0.5, 0.6) is 5.75 Å². The van der Waals surface area contributed by atoms with E-state index in [9.17, 15) is 8.42 Å². The summed E-state index contributed by atoms with van der Waals surface area (Å²) in [7, 11) is -1.84. The van der Waals surface area contributed by atoms with Crippen LogP contribution in [0, 0.1) is 6.92 Å². The first-order valence-corrected chi connectivity index (χ1v) is 9.04. The van der Waals surface area contributed by atoms with Gasteiger partial charge in [0, 0.05) is 6.04 Å². The fourth-order valence-corrected chi connectivity index (χ4v) is 4.48. The van der Waals surface area contributed by atoms with E-state index in [2.05, 4.69) is 4.72 Å². The Morgan fingerprint density at radius 3 is 2.62 bits per heavy atom. The molecule has 2 aromatic rings. The third-order valence-corrected chi connectivity index (χ3v) is 6.16. The lowest BCUT2D eigenvalue weighted by Crippen LogP contribution is -2.27. The molecular weight excluding hydrogens is 306 g/mol. The fraction of sp³-hybridized carbons (Fsp3) is 0.333. The summed E-state index contributed by atoms with van der Waals surface area (Å²) in [4.78, 5) is 0. The van der Waals surface area contributed by atoms with Crippen LogP contribution in [0.4, 0.5) is 0 Å². The molecule has 0 unspecified atom stereocenters. The van der Waals surface area contributed by atoms with Gasteiger partial charge in [0.2, 0.25) is 0 Å². The van der Waals surface area contributed by atoms with Crippen molar-refractivity contribution >= 4 is 21.4 Å². The van der Waals surface area contributed by atoms with Gasteiger partial charge in [0.1, 0.15) is 9.96 Å². The second-order valence-corrected chi connectivity index (χ2v) is 7.63. The Kier molecular flexibility index (Phi) is 5.03. The van der Waals surface area contributed by atoms with Gasteiger partial charge < -0.3 is 4.74 Å². The van der Waals surface area contributed by atoms with Crippen molar-refractivity contribution in [3.63, 3.8) is 0 Å². The van der Waals surface area contributed by atoms with Crippen LogP contribution in [0.2, 0.25) is 0 Å². The van der Waals surface area contributed by atoms with Gasteiger partial charge in [0.05, 0.1) is 7.11 Å². The van der Waals surface area contributed by atoms with Crippen LogP contribution in [0.1, 0.15) is 30.5 Å². The molecule has 0 saturated carbocycles. The molecule has 1 atom stereocenters. The van der Waals surface area contributed by atoms with Crippen LogP contribution >= 0.6 is 11.3 Å². The highest BCUT2D eigenvalue weighted by Crippen LogP contribution is 2.26. The molecule has 0 bridgehead atoms. The first-order valence-electron chi connectivity index (χ1n) is 6.68. The molecule has 0 amide bonds. The minimum Gasteiger partial charge on any atom is -0.496 e. The normalized spacial score (nSPS) is 13.1. The van der Waals surface area contributed by atoms with Crippen molar-refractivity contribution in [3.8, 4) is 5.75 Å². The van der Waals surface area contributed by atoms with Gasteiger partial charge in [-0.1, -0.05) is 25.1 Å². The standard InChI is InChI=1S/C15H19NO3S2/c1-4-13(12-7-8-14(19-3)11(2)10-12)16-21(17,18)15-6-5-9-20-15/h5-10,13,16H,4H2,1-3H3/t13-/m1/s1. The average Bonchev–Trinajstić information content (AvgIpc) is 2.99. The van der Waals surface area contributed by atoms with E-state index in [0.29, 0.717) is 10.6 Å². The highest BCUT2D eigenvalue weighted by molar-refractivity contribution is 7.91. The number of thiophene rings is 1. The molecule has 4 nitrogen and oxygen atoms in total. The van der Waals surface area contributed by atoms with Crippen molar-refractivity contribution in [1.29, 1.82) is 0 Å². The van der Waals surface area contributed by atoms with Gasteiger partial charge in [-0.25, -0.2) is 13.1 Å². The molecule has 21 heavy (non-hydrogen) atoms. The Balaban J connectivity index is 2.26. The number of ether oxygens (including phenoxy) is 1. The van der Waals surface area contributed by atoms with Crippen LogP contribution in [0.3, 0.4) is 0 Å². The summed E-state index contributed by atoms with van der Waals surface area (Å²) in [6.45, 7) is 3.91. The van der Waals surface area contributed by atoms with Gasteiger partial charge in [-0.15, -0.1) is 11.3 Å². The second kappa shape index (κ2) is 6.60. The fourth-order valence-electron chi connectivity index (χ4n) is 2.17. The van der Waals surface area contributed by atoms with E-state index in [-0.39, 0.29) is 6.04 Å². The van der Waals surface area contributed by atoms with Crippen LogP contribution in [0.25, 0.3) is 0 Å². The molecule has 1 N–H and O–H groups in total. The molecular formula is C15H19NO3S2. The predicted octanol–water partition coefficient (Wildman–Crippen LogP) is 3.49. The Bertz CT molecular complexity index is 694. The van der Waals surface area contributed by atoms with Gasteiger partial charge in [0.25, 0.3) is 10.0 Å². The van der Waals surface area contributed by atoms with Gasteiger partial charge in [-0.3, -0.25) is 0 Å². The molecule has 2 rings (SSSR count). The highest BCUT2D eigenvalue weighted by Gasteiger charge is 2.21. The Morgan fingerprint density at radius 2 is 2.10 bits per heavy atom. The number of benzene rings is 1. The molecule has 0 aliphatic rings. The largest absolute Gasteiger partial charge is 0.496 e. The lowest BCUT2D eigenvalue weighted by atomic mass is 10.0. The van der Waals surface area contributed by atoms with E-state index in [4.69, 9.17) is 4.74 Å². The number of sulfonamides is 1. The third-order valence-electron chi connectivity index (χ3n) is 3.29. The predicted molar refractivity (Wildman–Crippen MR) is 85.4 cm³/mol. The zero-order valence-electron chi connectivity index (χ0n) is 12.3. The molecule has 0 aliphatic heterocycles. The topological polar surface area (TPSA) is 55.4 Å². The summed E-state index contributed by atoms with van der Waals surface area (Å²) in [5.74, 6) is 0.801. The van der Waals surface area contributed by atoms with Crippen LogP contribution in [0.15, 0.2) is 39.9 Å². The number of nitrogens with one attached hydrogen (secondary N) is 1. The van der Waals surface area contributed by atoms with Gasteiger partial charge in [-0.05, 0) is 42.0 Å². The zero-order valence-corrected chi connectivity index (χ0v) is 13.9. The summed E-state index contributed by atoms with van der Waals surface area (Å²) in [5.41, 5.74) is 1.93. The second-order valence-electron chi connectivity index (χ2n) is 4.74. The molecule has 1 heterocycles. The van der Waals surface area contributed by atoms with Gasteiger partial charge >= 0.3 is 0 Å². The highest BCUT2D eigenvalue weighted by atomic mass is 32.2. The summed E-state index contributed by atoms with van der Waals surface area (Å²) in [5, 5.41) is 1.76. The molecule has 114 valence electrons. The maximum atomic E-state index is 12.3. The number of aryl methyl sites for hydroxylation is 1. The SMILES string of the molecule is CC[C@@H](NS(=O)(=O)c1cccs1)c1ccc(OC)c(C)c1. The van der Waals surface area contributed by atoms with Gasteiger partial charge in [0.15, 0.2) is 0 Å². The number of methoxy groups -OCH3 is 1. The summed E-state index contributed by atoms with van der Waals surface area (Å²) >= 11 is 1.22. The first kappa shape index (κ1) is 16.0. The van der Waals surface area contributed by atoms with E-state index in [1.54, 1.807) is 24.6 Å². The Hall–Kier alpha value is -1.37. The van der Waals surface area contributed by atoms with E-state index in [0.717, 1.165) is 16.9 Å². The molecule has 1 aromatic carbocycles. The molecule has 0 radical (unpaired) electrons. The smallest absolute Gasteiger partial charge is 0.250 e. The number of rotatable bonds is 6. The monoisotopic (exact) mass is 325 g/mol. The van der Waals surface area contributed by atoms with E-state index in [1.165, 1.54) is 11.3 Å². The van der Waals surface area contributed by atoms with Crippen molar-refractivity contribution in [3.05, 3.63) is 46.8 Å². The Morgan fingerprint density at radius 1 is 1.33 bits per heavy atom. The van der Waals surface area contributed by atoms with Crippen LogP contribution in [-0.4, -0.2) is 15.5 Å². The molecule has 6 heteroatoms.